The molecule has 22 heavy (non-hydrogen) atoms. The van der Waals surface area contributed by atoms with Crippen LogP contribution in [0.5, 0.6) is 5.75 Å². The summed E-state index contributed by atoms with van der Waals surface area (Å²) >= 11 is 0. The van der Waals surface area contributed by atoms with Crippen LogP contribution in [-0.2, 0) is 6.61 Å². The molecule has 0 saturated carbocycles. The van der Waals surface area contributed by atoms with Gasteiger partial charge in [0.25, 0.3) is 5.91 Å². The van der Waals surface area contributed by atoms with E-state index < -0.39 is 0 Å². The molecule has 0 fully saturated rings. The van der Waals surface area contributed by atoms with Crippen LogP contribution in [0.25, 0.3) is 0 Å². The predicted octanol–water partition coefficient (Wildman–Crippen LogP) is 2.69. The molecule has 0 saturated heterocycles. The van der Waals surface area contributed by atoms with Crippen LogP contribution in [0.4, 0.5) is 0 Å². The van der Waals surface area contributed by atoms with Gasteiger partial charge in [-0.05, 0) is 18.1 Å². The van der Waals surface area contributed by atoms with E-state index in [9.17, 15) is 4.79 Å². The van der Waals surface area contributed by atoms with E-state index in [1.165, 1.54) is 0 Å². The highest BCUT2D eigenvalue weighted by Crippen LogP contribution is 2.21. The van der Waals surface area contributed by atoms with E-state index >= 15 is 0 Å². The van der Waals surface area contributed by atoms with Gasteiger partial charge >= 0.3 is 0 Å². The average molecular weight is 303 g/mol. The van der Waals surface area contributed by atoms with Gasteiger partial charge < -0.3 is 14.2 Å². The number of hydrogen-bond acceptors (Lipinski definition) is 5. The highest BCUT2D eigenvalue weighted by Gasteiger charge is 2.17. The molecule has 118 valence electrons. The third kappa shape index (κ3) is 4.07. The molecule has 0 bridgehead atoms. The molecular formula is C16H21N3O3. The van der Waals surface area contributed by atoms with Crippen LogP contribution in [0.15, 0.2) is 28.8 Å². The van der Waals surface area contributed by atoms with E-state index in [0.717, 1.165) is 0 Å². The molecule has 6 heteroatoms. The maximum absolute atomic E-state index is 12.5. The summed E-state index contributed by atoms with van der Waals surface area (Å²) in [6.45, 7) is 6.72. The molecule has 0 spiro atoms. The molecule has 0 unspecified atom stereocenters. The van der Waals surface area contributed by atoms with Crippen molar-refractivity contribution in [2.24, 2.45) is 5.92 Å². The number of hydrogen-bond donors (Lipinski definition) is 0. The second kappa shape index (κ2) is 7.06. The fourth-order valence-electron chi connectivity index (χ4n) is 2.15. The number of aromatic nitrogens is 2. The maximum Gasteiger partial charge on any atom is 0.257 e. The number of aryl methyl sites for hydroxylation is 1. The minimum absolute atomic E-state index is 0.0615. The molecule has 0 radical (unpaired) electrons. The first-order valence-corrected chi connectivity index (χ1v) is 7.24. The van der Waals surface area contributed by atoms with E-state index in [0.29, 0.717) is 35.5 Å². The van der Waals surface area contributed by atoms with Gasteiger partial charge in [0.15, 0.2) is 6.61 Å². The molecule has 1 aromatic carbocycles. The van der Waals surface area contributed by atoms with Crippen LogP contribution in [0.3, 0.4) is 0 Å². The van der Waals surface area contributed by atoms with Gasteiger partial charge in [-0.25, -0.2) is 0 Å². The first-order chi connectivity index (χ1) is 10.5. The summed E-state index contributed by atoms with van der Waals surface area (Å²) in [6.07, 6.45) is 0. The molecule has 0 N–H and O–H groups in total. The standard InChI is InChI=1S/C16H21N3O3/c1-11(2)9-19(4)16(20)13-7-5-6-8-14(13)21-10-15-17-12(3)22-18-15/h5-8,11H,9-10H2,1-4H3. The zero-order valence-electron chi connectivity index (χ0n) is 13.4. The molecule has 1 aromatic heterocycles. The molecule has 2 rings (SSSR count). The Morgan fingerprint density at radius 2 is 2.09 bits per heavy atom. The quantitative estimate of drug-likeness (QED) is 0.820. The van der Waals surface area contributed by atoms with Gasteiger partial charge in [0.1, 0.15) is 5.75 Å². The van der Waals surface area contributed by atoms with E-state index in [1.807, 2.05) is 12.1 Å². The van der Waals surface area contributed by atoms with Crippen molar-refractivity contribution in [3.05, 3.63) is 41.5 Å². The topological polar surface area (TPSA) is 68.5 Å². The maximum atomic E-state index is 12.5. The van der Waals surface area contributed by atoms with Crippen LogP contribution in [0, 0.1) is 12.8 Å². The second-order valence-electron chi connectivity index (χ2n) is 5.59. The van der Waals surface area contributed by atoms with Crippen LogP contribution in [0.2, 0.25) is 0 Å². The van der Waals surface area contributed by atoms with Gasteiger partial charge in [-0.15, -0.1) is 0 Å². The molecular weight excluding hydrogens is 282 g/mol. The van der Waals surface area contributed by atoms with Gasteiger partial charge in [0.05, 0.1) is 5.56 Å². The van der Waals surface area contributed by atoms with Gasteiger partial charge in [0, 0.05) is 20.5 Å². The smallest absolute Gasteiger partial charge is 0.257 e. The van der Waals surface area contributed by atoms with Crippen molar-refractivity contribution >= 4 is 5.91 Å². The number of carbonyl (C=O) groups excluding carboxylic acids is 1. The summed E-state index contributed by atoms with van der Waals surface area (Å²) in [5.74, 6) is 1.80. The fraction of sp³-hybridized carbons (Fsp3) is 0.438. The number of para-hydroxylation sites is 1. The van der Waals surface area contributed by atoms with Gasteiger partial charge in [-0.3, -0.25) is 4.79 Å². The van der Waals surface area contributed by atoms with Crippen molar-refractivity contribution in [1.82, 2.24) is 15.0 Å². The van der Waals surface area contributed by atoms with Crippen LogP contribution in [0.1, 0.15) is 35.9 Å². The third-order valence-electron chi connectivity index (χ3n) is 3.03. The molecule has 0 aliphatic heterocycles. The molecule has 0 atom stereocenters. The largest absolute Gasteiger partial charge is 0.485 e. The number of ether oxygens (including phenoxy) is 1. The third-order valence-corrected chi connectivity index (χ3v) is 3.03. The molecule has 1 heterocycles. The van der Waals surface area contributed by atoms with E-state index in [1.54, 1.807) is 31.0 Å². The Labute approximate surface area is 130 Å². The SMILES string of the molecule is Cc1nc(COc2ccccc2C(=O)N(C)CC(C)C)no1. The Balaban J connectivity index is 2.10. The summed E-state index contributed by atoms with van der Waals surface area (Å²) in [6, 6.07) is 7.18. The van der Waals surface area contributed by atoms with Crippen molar-refractivity contribution in [1.29, 1.82) is 0 Å². The van der Waals surface area contributed by atoms with Crippen molar-refractivity contribution in [3.63, 3.8) is 0 Å². The zero-order valence-corrected chi connectivity index (χ0v) is 13.4. The van der Waals surface area contributed by atoms with Crippen LogP contribution < -0.4 is 4.74 Å². The van der Waals surface area contributed by atoms with E-state index in [2.05, 4.69) is 24.0 Å². The van der Waals surface area contributed by atoms with Gasteiger partial charge in [0.2, 0.25) is 11.7 Å². The van der Waals surface area contributed by atoms with Crippen LogP contribution >= 0.6 is 0 Å². The van der Waals surface area contributed by atoms with Crippen molar-refractivity contribution in [2.75, 3.05) is 13.6 Å². The van der Waals surface area contributed by atoms with Crippen molar-refractivity contribution in [3.8, 4) is 5.75 Å². The Bertz CT molecular complexity index is 637. The zero-order chi connectivity index (χ0) is 16.1. The Morgan fingerprint density at radius 3 is 2.73 bits per heavy atom. The monoisotopic (exact) mass is 303 g/mol. The molecule has 6 nitrogen and oxygen atoms in total. The fourth-order valence-corrected chi connectivity index (χ4v) is 2.15. The number of carbonyl (C=O) groups is 1. The normalized spacial score (nSPS) is 10.8. The molecule has 2 aromatic rings. The second-order valence-corrected chi connectivity index (χ2v) is 5.59. The summed E-state index contributed by atoms with van der Waals surface area (Å²) in [5.41, 5.74) is 0.533. The minimum atomic E-state index is -0.0615. The first-order valence-electron chi connectivity index (χ1n) is 7.24. The Morgan fingerprint density at radius 1 is 1.36 bits per heavy atom. The van der Waals surface area contributed by atoms with Gasteiger partial charge in [-0.1, -0.05) is 31.1 Å². The van der Waals surface area contributed by atoms with E-state index in [-0.39, 0.29) is 12.5 Å². The highest BCUT2D eigenvalue weighted by molar-refractivity contribution is 5.96. The number of benzene rings is 1. The lowest BCUT2D eigenvalue weighted by Gasteiger charge is -2.20. The minimum Gasteiger partial charge on any atom is -0.485 e. The summed E-state index contributed by atoms with van der Waals surface area (Å²) in [4.78, 5) is 18.3. The average Bonchev–Trinajstić information content (AvgIpc) is 2.89. The number of amides is 1. The molecule has 1 amide bonds. The number of rotatable bonds is 6. The predicted molar refractivity (Wildman–Crippen MR) is 81.6 cm³/mol. The van der Waals surface area contributed by atoms with Gasteiger partial charge in [-0.2, -0.15) is 4.98 Å². The summed E-state index contributed by atoms with van der Waals surface area (Å²) in [5, 5.41) is 3.77. The number of nitrogens with zero attached hydrogens (tertiary/aromatic N) is 3. The lowest BCUT2D eigenvalue weighted by Crippen LogP contribution is -2.30. The first kappa shape index (κ1) is 16.0. The van der Waals surface area contributed by atoms with Crippen LogP contribution in [-0.4, -0.2) is 34.5 Å². The lowest BCUT2D eigenvalue weighted by molar-refractivity contribution is 0.0774. The lowest BCUT2D eigenvalue weighted by atomic mass is 10.1. The van der Waals surface area contributed by atoms with E-state index in [4.69, 9.17) is 9.26 Å². The molecule has 0 aliphatic rings. The molecule has 0 aliphatic carbocycles. The summed E-state index contributed by atoms with van der Waals surface area (Å²) in [7, 11) is 1.79. The van der Waals surface area contributed by atoms with Crippen molar-refractivity contribution in [2.45, 2.75) is 27.4 Å². The Kier molecular flexibility index (Phi) is 5.14. The Hall–Kier alpha value is -2.37. The summed E-state index contributed by atoms with van der Waals surface area (Å²) < 4.78 is 10.6. The highest BCUT2D eigenvalue weighted by atomic mass is 16.5. The van der Waals surface area contributed by atoms with Crippen molar-refractivity contribution < 1.29 is 14.1 Å².